The van der Waals surface area contributed by atoms with Gasteiger partial charge in [0, 0.05) is 23.6 Å². The van der Waals surface area contributed by atoms with E-state index in [-0.39, 0.29) is 30.7 Å². The van der Waals surface area contributed by atoms with Crippen LogP contribution in [-0.2, 0) is 6.54 Å². The number of carbonyl (C=O) groups excluding carboxylic acids is 1. The minimum atomic E-state index is -0.310. The number of aliphatic hydroxyl groups is 1. The van der Waals surface area contributed by atoms with E-state index in [0.29, 0.717) is 28.8 Å². The molecule has 5 rings (SSSR count). The molecule has 3 heterocycles. The van der Waals surface area contributed by atoms with Gasteiger partial charge in [-0.2, -0.15) is 0 Å². The zero-order chi connectivity index (χ0) is 20.7. The monoisotopic (exact) mass is 402 g/mol. The van der Waals surface area contributed by atoms with Crippen molar-refractivity contribution < 1.29 is 9.90 Å². The summed E-state index contributed by atoms with van der Waals surface area (Å²) in [6.45, 7) is 0.582. The van der Waals surface area contributed by atoms with Crippen LogP contribution in [0.25, 0.3) is 21.8 Å². The zero-order valence-corrected chi connectivity index (χ0v) is 16.4. The molecule has 4 aromatic rings. The number of amides is 1. The number of para-hydroxylation sites is 2. The number of nitrogens with one attached hydrogen (secondary N) is 1. The molecule has 0 aliphatic carbocycles. The van der Waals surface area contributed by atoms with Crippen molar-refractivity contribution >= 4 is 27.7 Å². The number of fused-ring (bicyclic) bond motifs is 2. The average Bonchev–Trinajstić information content (AvgIpc) is 3.42. The first-order valence-electron chi connectivity index (χ1n) is 10.2. The number of carbonyl (C=O) groups is 1. The van der Waals surface area contributed by atoms with Crippen LogP contribution >= 0.6 is 0 Å². The molecule has 152 valence electrons. The van der Waals surface area contributed by atoms with Gasteiger partial charge in [0.2, 0.25) is 0 Å². The Kier molecular flexibility index (Phi) is 4.59. The summed E-state index contributed by atoms with van der Waals surface area (Å²) in [6, 6.07) is 14.6. The van der Waals surface area contributed by atoms with E-state index in [1.165, 1.54) is 4.57 Å². The molecule has 7 heteroatoms. The van der Waals surface area contributed by atoms with Crippen molar-refractivity contribution in [2.24, 2.45) is 0 Å². The molecular formula is C23H22N4O3. The number of aliphatic hydroxyl groups excluding tert-OH is 1. The lowest BCUT2D eigenvalue weighted by Crippen LogP contribution is -2.36. The fraction of sp³-hybridized carbons (Fsp3) is 0.261. The van der Waals surface area contributed by atoms with Crippen LogP contribution in [0.4, 0.5) is 0 Å². The largest absolute Gasteiger partial charge is 0.395 e. The summed E-state index contributed by atoms with van der Waals surface area (Å²) in [5, 5.41) is 11.0. The molecule has 2 N–H and O–H groups in total. The van der Waals surface area contributed by atoms with Crippen molar-refractivity contribution in [1.29, 1.82) is 0 Å². The van der Waals surface area contributed by atoms with E-state index in [2.05, 4.69) is 4.98 Å². The number of nitrogens with zero attached hydrogens (tertiary/aromatic N) is 3. The number of rotatable bonds is 4. The number of hydrogen-bond acceptors (Lipinski definition) is 4. The van der Waals surface area contributed by atoms with Gasteiger partial charge in [-0.15, -0.1) is 0 Å². The third-order valence-electron chi connectivity index (χ3n) is 5.85. The Bertz CT molecular complexity index is 1310. The van der Waals surface area contributed by atoms with Gasteiger partial charge in [0.15, 0.2) is 0 Å². The van der Waals surface area contributed by atoms with Gasteiger partial charge in [-0.3, -0.25) is 14.2 Å². The molecule has 0 spiro atoms. The average molecular weight is 402 g/mol. The van der Waals surface area contributed by atoms with E-state index in [0.717, 1.165) is 23.7 Å². The van der Waals surface area contributed by atoms with Crippen molar-refractivity contribution in [3.63, 3.8) is 0 Å². The second kappa shape index (κ2) is 7.42. The zero-order valence-electron chi connectivity index (χ0n) is 16.4. The Morgan fingerprint density at radius 1 is 1.13 bits per heavy atom. The molecule has 1 atom stereocenters. The lowest BCUT2D eigenvalue weighted by atomic mass is 10.1. The van der Waals surface area contributed by atoms with Crippen LogP contribution in [0, 0.1) is 0 Å². The maximum atomic E-state index is 13.5. The van der Waals surface area contributed by atoms with Gasteiger partial charge < -0.3 is 15.0 Å². The number of aromatic nitrogens is 3. The second-order valence-electron chi connectivity index (χ2n) is 7.57. The summed E-state index contributed by atoms with van der Waals surface area (Å²) >= 11 is 0. The summed E-state index contributed by atoms with van der Waals surface area (Å²) in [5.74, 6) is 0.464. The molecule has 1 fully saturated rings. The molecule has 1 unspecified atom stereocenters. The van der Waals surface area contributed by atoms with Crippen LogP contribution in [0.15, 0.2) is 59.5 Å². The molecule has 2 aromatic carbocycles. The molecular weight excluding hydrogens is 380 g/mol. The van der Waals surface area contributed by atoms with Gasteiger partial charge >= 0.3 is 0 Å². The maximum Gasteiger partial charge on any atom is 0.261 e. The van der Waals surface area contributed by atoms with E-state index in [1.54, 1.807) is 23.2 Å². The molecule has 1 aliphatic heterocycles. The number of benzene rings is 2. The predicted octanol–water partition coefficient (Wildman–Crippen LogP) is 2.85. The first-order valence-corrected chi connectivity index (χ1v) is 10.2. The molecule has 0 saturated carbocycles. The first kappa shape index (κ1) is 18.6. The van der Waals surface area contributed by atoms with Crippen molar-refractivity contribution in [3.8, 4) is 0 Å². The molecule has 0 radical (unpaired) electrons. The Morgan fingerprint density at radius 3 is 2.73 bits per heavy atom. The van der Waals surface area contributed by atoms with E-state index < -0.39 is 0 Å². The fourth-order valence-corrected chi connectivity index (χ4v) is 4.44. The number of aromatic amines is 1. The Balaban J connectivity index is 1.61. The van der Waals surface area contributed by atoms with Crippen molar-refractivity contribution in [2.45, 2.75) is 25.4 Å². The van der Waals surface area contributed by atoms with Crippen LogP contribution in [0.1, 0.15) is 35.1 Å². The highest BCUT2D eigenvalue weighted by atomic mass is 16.3. The third-order valence-corrected chi connectivity index (χ3v) is 5.85. The Morgan fingerprint density at radius 2 is 1.90 bits per heavy atom. The van der Waals surface area contributed by atoms with Crippen molar-refractivity contribution in [2.75, 3.05) is 13.2 Å². The van der Waals surface area contributed by atoms with Crippen LogP contribution in [0.3, 0.4) is 0 Å². The highest BCUT2D eigenvalue weighted by Crippen LogP contribution is 2.33. The maximum absolute atomic E-state index is 13.5. The van der Waals surface area contributed by atoms with Gasteiger partial charge in [-0.25, -0.2) is 4.98 Å². The lowest BCUT2D eigenvalue weighted by molar-refractivity contribution is 0.0728. The summed E-state index contributed by atoms with van der Waals surface area (Å²) < 4.78 is 1.52. The number of hydrogen-bond donors (Lipinski definition) is 2. The second-order valence-corrected chi connectivity index (χ2v) is 7.57. The number of likely N-dealkylation sites (tertiary alicyclic amines) is 1. The molecule has 7 nitrogen and oxygen atoms in total. The fourth-order valence-electron chi connectivity index (χ4n) is 4.44. The summed E-state index contributed by atoms with van der Waals surface area (Å²) in [5.41, 5.74) is 1.96. The SMILES string of the molecule is O=C(c1c[nH]c2ccccc12)N1CCCC1c1nc2ccccc2c(=O)n1CCO. The molecule has 30 heavy (non-hydrogen) atoms. The molecule has 2 aromatic heterocycles. The van der Waals surface area contributed by atoms with E-state index >= 15 is 0 Å². The summed E-state index contributed by atoms with van der Waals surface area (Å²) in [7, 11) is 0. The van der Waals surface area contributed by atoms with Crippen LogP contribution in [-0.4, -0.2) is 43.6 Å². The van der Waals surface area contributed by atoms with E-state index in [9.17, 15) is 14.7 Å². The Hall–Kier alpha value is -3.45. The van der Waals surface area contributed by atoms with Crippen LogP contribution < -0.4 is 5.56 Å². The summed E-state index contributed by atoms with van der Waals surface area (Å²) in [4.78, 5) is 36.3. The quantitative estimate of drug-likeness (QED) is 0.549. The third kappa shape index (κ3) is 2.90. The highest BCUT2D eigenvalue weighted by molar-refractivity contribution is 6.06. The van der Waals surface area contributed by atoms with E-state index in [1.807, 2.05) is 36.4 Å². The standard InChI is InChI=1S/C23H22N4O3/c28-13-12-27-21(25-19-9-4-2-7-16(19)22(27)29)20-10-5-11-26(20)23(30)17-14-24-18-8-3-1-6-15(17)18/h1-4,6-9,14,20,24,28H,5,10-13H2. The predicted molar refractivity (Wildman–Crippen MR) is 114 cm³/mol. The van der Waals surface area contributed by atoms with Crippen molar-refractivity contribution in [1.82, 2.24) is 19.4 Å². The molecule has 1 aliphatic rings. The minimum absolute atomic E-state index is 0.0760. The minimum Gasteiger partial charge on any atom is -0.395 e. The lowest BCUT2D eigenvalue weighted by Gasteiger charge is -2.26. The van der Waals surface area contributed by atoms with Crippen LogP contribution in [0.5, 0.6) is 0 Å². The molecule has 0 bridgehead atoms. The van der Waals surface area contributed by atoms with E-state index in [4.69, 9.17) is 4.98 Å². The van der Waals surface area contributed by atoms with Gasteiger partial charge in [0.25, 0.3) is 11.5 Å². The number of H-pyrrole nitrogens is 1. The molecule has 1 saturated heterocycles. The van der Waals surface area contributed by atoms with Gasteiger partial charge in [0.1, 0.15) is 5.82 Å². The van der Waals surface area contributed by atoms with Crippen LogP contribution in [0.2, 0.25) is 0 Å². The highest BCUT2D eigenvalue weighted by Gasteiger charge is 2.34. The Labute approximate surface area is 172 Å². The smallest absolute Gasteiger partial charge is 0.261 e. The van der Waals surface area contributed by atoms with Crippen molar-refractivity contribution in [3.05, 3.63) is 76.5 Å². The van der Waals surface area contributed by atoms with Gasteiger partial charge in [0.05, 0.1) is 35.7 Å². The summed E-state index contributed by atoms with van der Waals surface area (Å²) in [6.07, 6.45) is 3.31. The molecule has 1 amide bonds. The van der Waals surface area contributed by atoms with Gasteiger partial charge in [-0.1, -0.05) is 30.3 Å². The normalized spacial score (nSPS) is 16.6. The van der Waals surface area contributed by atoms with Gasteiger partial charge in [-0.05, 0) is 31.0 Å². The first-order chi connectivity index (χ1) is 14.7. The topological polar surface area (TPSA) is 91.2 Å².